The zero-order valence-corrected chi connectivity index (χ0v) is 11.0. The maximum atomic E-state index is 11.5. The summed E-state index contributed by atoms with van der Waals surface area (Å²) < 4.78 is 5.14. The van der Waals surface area contributed by atoms with E-state index < -0.39 is 6.04 Å². The van der Waals surface area contributed by atoms with Crippen LogP contribution in [0.4, 0.5) is 0 Å². The van der Waals surface area contributed by atoms with Crippen molar-refractivity contribution in [1.82, 2.24) is 0 Å². The van der Waals surface area contributed by atoms with Crippen molar-refractivity contribution in [3.63, 3.8) is 0 Å². The first-order valence-corrected chi connectivity index (χ1v) is 6.55. The van der Waals surface area contributed by atoms with E-state index in [1.807, 2.05) is 13.8 Å². The largest absolute Gasteiger partial charge is 0.465 e. The Morgan fingerprint density at radius 2 is 1.81 bits per heavy atom. The molecule has 0 spiro atoms. The summed E-state index contributed by atoms with van der Waals surface area (Å²) in [4.78, 5) is 11.5. The van der Waals surface area contributed by atoms with Crippen LogP contribution in [0.5, 0.6) is 0 Å². The number of ether oxygens (including phenoxy) is 1. The van der Waals surface area contributed by atoms with E-state index >= 15 is 0 Å². The molecule has 16 heavy (non-hydrogen) atoms. The molecule has 0 amide bonds. The molecule has 96 valence electrons. The molecular formula is C13H27NO2. The monoisotopic (exact) mass is 229 g/mol. The van der Waals surface area contributed by atoms with Crippen LogP contribution in [0.1, 0.15) is 59.3 Å². The van der Waals surface area contributed by atoms with Gasteiger partial charge in [0.25, 0.3) is 0 Å². The summed E-state index contributed by atoms with van der Waals surface area (Å²) in [5, 5.41) is 0. The minimum absolute atomic E-state index is 0.201. The van der Waals surface area contributed by atoms with E-state index in [-0.39, 0.29) is 11.9 Å². The zero-order valence-electron chi connectivity index (χ0n) is 11.0. The van der Waals surface area contributed by atoms with Crippen LogP contribution in [-0.4, -0.2) is 18.6 Å². The molecule has 0 fully saturated rings. The van der Waals surface area contributed by atoms with Gasteiger partial charge in [0.05, 0.1) is 6.61 Å². The van der Waals surface area contributed by atoms with E-state index in [9.17, 15) is 4.79 Å². The van der Waals surface area contributed by atoms with Gasteiger partial charge in [-0.3, -0.25) is 4.79 Å². The van der Waals surface area contributed by atoms with E-state index in [2.05, 4.69) is 6.92 Å². The Balaban J connectivity index is 3.50. The minimum Gasteiger partial charge on any atom is -0.465 e. The van der Waals surface area contributed by atoms with E-state index in [0.29, 0.717) is 6.61 Å². The first-order valence-electron chi connectivity index (χ1n) is 6.55. The van der Waals surface area contributed by atoms with E-state index in [0.717, 1.165) is 19.3 Å². The summed E-state index contributed by atoms with van der Waals surface area (Å²) in [5.41, 5.74) is 5.76. The van der Waals surface area contributed by atoms with Crippen molar-refractivity contribution in [2.45, 2.75) is 65.3 Å². The Hall–Kier alpha value is -0.570. The molecule has 0 aliphatic carbocycles. The molecule has 0 aromatic carbocycles. The second-order valence-corrected chi connectivity index (χ2v) is 4.49. The van der Waals surface area contributed by atoms with Gasteiger partial charge in [-0.25, -0.2) is 0 Å². The van der Waals surface area contributed by atoms with Gasteiger partial charge in [0, 0.05) is 0 Å². The summed E-state index contributed by atoms with van der Waals surface area (Å²) in [6.07, 6.45) is 6.73. The molecule has 0 unspecified atom stereocenters. The number of nitrogens with two attached hydrogens (primary N) is 1. The Morgan fingerprint density at radius 1 is 1.19 bits per heavy atom. The van der Waals surface area contributed by atoms with E-state index in [1.165, 1.54) is 19.3 Å². The van der Waals surface area contributed by atoms with Crippen LogP contribution in [0.3, 0.4) is 0 Å². The fourth-order valence-electron chi connectivity index (χ4n) is 1.46. The van der Waals surface area contributed by atoms with Crippen molar-refractivity contribution >= 4 is 5.97 Å². The molecule has 0 heterocycles. The van der Waals surface area contributed by atoms with Crippen LogP contribution in [0.25, 0.3) is 0 Å². The van der Waals surface area contributed by atoms with Crippen molar-refractivity contribution in [3.8, 4) is 0 Å². The quantitative estimate of drug-likeness (QED) is 0.488. The van der Waals surface area contributed by atoms with Gasteiger partial charge < -0.3 is 10.5 Å². The molecule has 0 saturated carbocycles. The Bertz CT molecular complexity index is 183. The number of rotatable bonds is 9. The number of carbonyl (C=O) groups is 1. The van der Waals surface area contributed by atoms with Crippen LogP contribution in [-0.2, 0) is 9.53 Å². The summed E-state index contributed by atoms with van der Waals surface area (Å²) in [5.74, 6) is -0.0440. The fraction of sp³-hybridized carbons (Fsp3) is 0.923. The van der Waals surface area contributed by atoms with E-state index in [1.54, 1.807) is 0 Å². The summed E-state index contributed by atoms with van der Waals surface area (Å²) in [6, 6.07) is -0.458. The molecule has 3 heteroatoms. The lowest BCUT2D eigenvalue weighted by atomic mass is 10.0. The number of esters is 1. The van der Waals surface area contributed by atoms with Crippen molar-refractivity contribution in [3.05, 3.63) is 0 Å². The summed E-state index contributed by atoms with van der Waals surface area (Å²) in [7, 11) is 0. The number of hydrogen-bond acceptors (Lipinski definition) is 3. The van der Waals surface area contributed by atoms with Gasteiger partial charge >= 0.3 is 5.97 Å². The highest BCUT2D eigenvalue weighted by atomic mass is 16.5. The Kier molecular flexibility index (Phi) is 9.30. The van der Waals surface area contributed by atoms with Gasteiger partial charge in [-0.1, -0.05) is 52.9 Å². The maximum Gasteiger partial charge on any atom is 0.323 e. The summed E-state index contributed by atoms with van der Waals surface area (Å²) >= 11 is 0. The average Bonchev–Trinajstić information content (AvgIpc) is 2.31. The van der Waals surface area contributed by atoms with Crippen molar-refractivity contribution < 1.29 is 9.53 Å². The number of hydrogen-bond donors (Lipinski definition) is 1. The second kappa shape index (κ2) is 9.64. The fourth-order valence-corrected chi connectivity index (χ4v) is 1.46. The van der Waals surface area contributed by atoms with Gasteiger partial charge in [-0.15, -0.1) is 0 Å². The molecule has 0 radical (unpaired) electrons. The van der Waals surface area contributed by atoms with Gasteiger partial charge in [0.2, 0.25) is 0 Å². The number of carbonyl (C=O) groups excluding carboxylic acids is 1. The van der Waals surface area contributed by atoms with E-state index in [4.69, 9.17) is 10.5 Å². The van der Waals surface area contributed by atoms with Crippen LogP contribution in [0.2, 0.25) is 0 Å². The van der Waals surface area contributed by atoms with Gasteiger partial charge in [0.1, 0.15) is 6.04 Å². The molecule has 0 aromatic rings. The highest BCUT2D eigenvalue weighted by Crippen LogP contribution is 2.08. The minimum atomic E-state index is -0.458. The van der Waals surface area contributed by atoms with Crippen molar-refractivity contribution in [2.75, 3.05) is 6.61 Å². The third kappa shape index (κ3) is 6.83. The van der Waals surface area contributed by atoms with Gasteiger partial charge in [-0.05, 0) is 12.3 Å². The molecule has 0 aliphatic heterocycles. The highest BCUT2D eigenvalue weighted by molar-refractivity contribution is 5.75. The predicted octanol–water partition coefficient (Wildman–Crippen LogP) is 2.87. The van der Waals surface area contributed by atoms with Crippen LogP contribution in [0.15, 0.2) is 0 Å². The standard InChI is InChI=1S/C13H27NO2/c1-4-6-7-8-9-10-16-13(15)12(14)11(3)5-2/h11-12H,4-10,14H2,1-3H3/t11-,12-/m0/s1. The molecule has 2 atom stereocenters. The van der Waals surface area contributed by atoms with Crippen LogP contribution in [0, 0.1) is 5.92 Å². The topological polar surface area (TPSA) is 52.3 Å². The maximum absolute atomic E-state index is 11.5. The first kappa shape index (κ1) is 15.4. The predicted molar refractivity (Wildman–Crippen MR) is 67.1 cm³/mol. The Morgan fingerprint density at radius 3 is 2.38 bits per heavy atom. The number of unbranched alkanes of at least 4 members (excludes halogenated alkanes) is 4. The van der Waals surface area contributed by atoms with Crippen molar-refractivity contribution in [2.24, 2.45) is 11.7 Å². The molecule has 2 N–H and O–H groups in total. The van der Waals surface area contributed by atoms with Crippen molar-refractivity contribution in [1.29, 1.82) is 0 Å². The molecular weight excluding hydrogens is 202 g/mol. The van der Waals surface area contributed by atoms with Gasteiger partial charge in [0.15, 0.2) is 0 Å². The molecule has 0 bridgehead atoms. The zero-order chi connectivity index (χ0) is 12.4. The molecule has 3 nitrogen and oxygen atoms in total. The highest BCUT2D eigenvalue weighted by Gasteiger charge is 2.20. The third-order valence-corrected chi connectivity index (χ3v) is 3.02. The molecule has 0 aromatic heterocycles. The normalized spacial score (nSPS) is 14.5. The lowest BCUT2D eigenvalue weighted by molar-refractivity contribution is -0.146. The average molecular weight is 229 g/mol. The van der Waals surface area contributed by atoms with Crippen LogP contribution < -0.4 is 5.73 Å². The molecule has 0 saturated heterocycles. The van der Waals surface area contributed by atoms with Crippen LogP contribution >= 0.6 is 0 Å². The molecule has 0 aliphatic rings. The second-order valence-electron chi connectivity index (χ2n) is 4.49. The SMILES string of the molecule is CCCCCCCOC(=O)[C@@H](N)[C@@H](C)CC. The van der Waals surface area contributed by atoms with Gasteiger partial charge in [-0.2, -0.15) is 0 Å². The summed E-state index contributed by atoms with van der Waals surface area (Å²) in [6.45, 7) is 6.72. The smallest absolute Gasteiger partial charge is 0.323 e. The lowest BCUT2D eigenvalue weighted by Gasteiger charge is -2.16. The Labute approximate surface area is 99.7 Å². The first-order chi connectivity index (χ1) is 7.63. The third-order valence-electron chi connectivity index (χ3n) is 3.02. The lowest BCUT2D eigenvalue weighted by Crippen LogP contribution is -2.38. The molecule has 0 rings (SSSR count).